The molecule has 0 spiro atoms. The number of carbonyl (C=O) groups is 2. The van der Waals surface area contributed by atoms with E-state index in [0.717, 1.165) is 25.1 Å². The van der Waals surface area contributed by atoms with Crippen LogP contribution in [-0.4, -0.2) is 35.0 Å². The van der Waals surface area contributed by atoms with E-state index in [0.29, 0.717) is 23.4 Å². The summed E-state index contributed by atoms with van der Waals surface area (Å²) in [5.41, 5.74) is 4.56. The largest absolute Gasteiger partial charge is 0.490 e. The van der Waals surface area contributed by atoms with Gasteiger partial charge in [-0.1, -0.05) is 35.5 Å². The molecule has 0 aliphatic carbocycles. The first kappa shape index (κ1) is 25.7. The SMILES string of the molecule is Cc1c(NC(=O)NCc2cccc3c2CCNC3)noc1-c1ccccc1F.O=C(O)C(F)(F)F. The predicted molar refractivity (Wildman–Crippen MR) is 118 cm³/mol. The molecular formula is C23H22F4N4O4. The number of alkyl halides is 3. The predicted octanol–water partition coefficient (Wildman–Crippen LogP) is 4.39. The quantitative estimate of drug-likeness (QED) is 0.400. The molecule has 1 aliphatic heterocycles. The zero-order valence-corrected chi connectivity index (χ0v) is 18.5. The van der Waals surface area contributed by atoms with Crippen molar-refractivity contribution in [2.45, 2.75) is 32.6 Å². The highest BCUT2D eigenvalue weighted by molar-refractivity contribution is 5.89. The van der Waals surface area contributed by atoms with Gasteiger partial charge >= 0.3 is 18.2 Å². The average molecular weight is 494 g/mol. The van der Waals surface area contributed by atoms with Crippen LogP contribution in [0.2, 0.25) is 0 Å². The van der Waals surface area contributed by atoms with Gasteiger partial charge in [-0.3, -0.25) is 5.32 Å². The number of amides is 2. The summed E-state index contributed by atoms with van der Waals surface area (Å²) in [4.78, 5) is 21.2. The number of halogens is 4. The molecule has 2 heterocycles. The third kappa shape index (κ3) is 6.57. The molecule has 3 aromatic rings. The molecule has 35 heavy (non-hydrogen) atoms. The summed E-state index contributed by atoms with van der Waals surface area (Å²) in [7, 11) is 0. The number of fused-ring (bicyclic) bond motifs is 1. The fourth-order valence-corrected chi connectivity index (χ4v) is 3.45. The van der Waals surface area contributed by atoms with Gasteiger partial charge in [-0.25, -0.2) is 14.0 Å². The van der Waals surface area contributed by atoms with Crippen LogP contribution in [0.4, 0.5) is 28.2 Å². The lowest BCUT2D eigenvalue weighted by molar-refractivity contribution is -0.192. The van der Waals surface area contributed by atoms with E-state index >= 15 is 0 Å². The van der Waals surface area contributed by atoms with E-state index in [1.807, 2.05) is 12.1 Å². The lowest BCUT2D eigenvalue weighted by Crippen LogP contribution is -2.30. The molecule has 0 saturated heterocycles. The Bertz CT molecular complexity index is 1210. The molecule has 0 bridgehead atoms. The molecule has 2 aromatic carbocycles. The van der Waals surface area contributed by atoms with Crippen molar-refractivity contribution in [2.75, 3.05) is 11.9 Å². The number of carboxylic acid groups (broad SMARTS) is 1. The smallest absolute Gasteiger partial charge is 0.475 e. The van der Waals surface area contributed by atoms with Crippen molar-refractivity contribution in [3.05, 3.63) is 70.5 Å². The Hall–Kier alpha value is -3.93. The highest BCUT2D eigenvalue weighted by Crippen LogP contribution is 2.30. The first-order valence-electron chi connectivity index (χ1n) is 10.4. The third-order valence-electron chi connectivity index (χ3n) is 5.19. The number of rotatable bonds is 4. The van der Waals surface area contributed by atoms with Crippen molar-refractivity contribution in [1.29, 1.82) is 0 Å². The molecule has 12 heteroatoms. The van der Waals surface area contributed by atoms with E-state index in [4.69, 9.17) is 14.4 Å². The lowest BCUT2D eigenvalue weighted by atomic mass is 9.95. The summed E-state index contributed by atoms with van der Waals surface area (Å²) in [6.45, 7) is 3.94. The molecule has 8 nitrogen and oxygen atoms in total. The first-order chi connectivity index (χ1) is 16.6. The normalized spacial score (nSPS) is 12.7. The second kappa shape index (κ2) is 11.0. The molecule has 1 aromatic heterocycles. The van der Waals surface area contributed by atoms with Crippen LogP contribution in [0.3, 0.4) is 0 Å². The minimum Gasteiger partial charge on any atom is -0.475 e. The Kier molecular flexibility index (Phi) is 8.07. The van der Waals surface area contributed by atoms with E-state index in [1.165, 1.54) is 17.2 Å². The molecular weight excluding hydrogens is 472 g/mol. The number of aromatic nitrogens is 1. The van der Waals surface area contributed by atoms with E-state index in [-0.39, 0.29) is 11.8 Å². The number of carboxylic acids is 1. The van der Waals surface area contributed by atoms with E-state index in [9.17, 15) is 22.4 Å². The van der Waals surface area contributed by atoms with Gasteiger partial charge in [0.2, 0.25) is 0 Å². The summed E-state index contributed by atoms with van der Waals surface area (Å²) in [5.74, 6) is -2.58. The van der Waals surface area contributed by atoms with Crippen LogP contribution in [-0.2, 0) is 24.3 Å². The monoisotopic (exact) mass is 494 g/mol. The second-order valence-corrected chi connectivity index (χ2v) is 7.56. The summed E-state index contributed by atoms with van der Waals surface area (Å²) in [5, 5.41) is 19.9. The van der Waals surface area contributed by atoms with Gasteiger partial charge in [-0.2, -0.15) is 13.2 Å². The van der Waals surface area contributed by atoms with Gasteiger partial charge in [0.05, 0.1) is 5.56 Å². The topological polar surface area (TPSA) is 116 Å². The number of nitrogens with one attached hydrogen (secondary N) is 3. The zero-order valence-electron chi connectivity index (χ0n) is 18.5. The van der Waals surface area contributed by atoms with Gasteiger partial charge in [-0.05, 0) is 48.7 Å². The highest BCUT2D eigenvalue weighted by Gasteiger charge is 2.38. The van der Waals surface area contributed by atoms with Crippen LogP contribution in [0.15, 0.2) is 47.0 Å². The van der Waals surface area contributed by atoms with Crippen LogP contribution in [0.1, 0.15) is 22.3 Å². The van der Waals surface area contributed by atoms with Gasteiger partial charge in [0.1, 0.15) is 5.82 Å². The van der Waals surface area contributed by atoms with Crippen molar-refractivity contribution in [3.63, 3.8) is 0 Å². The van der Waals surface area contributed by atoms with Crippen molar-refractivity contribution >= 4 is 17.8 Å². The Morgan fingerprint density at radius 3 is 2.57 bits per heavy atom. The van der Waals surface area contributed by atoms with E-state index in [1.54, 1.807) is 25.1 Å². The molecule has 0 unspecified atom stereocenters. The standard InChI is InChI=1S/C21H21FN4O2.C2HF3O2/c1-13-19(17-7-2-3-8-18(17)22)28-26-20(13)25-21(27)24-12-15-6-4-5-14-11-23-10-9-16(14)15;3-2(4,5)1(6)7/h2-8,23H,9-12H2,1H3,(H2,24,25,26,27);(H,6,7). The summed E-state index contributed by atoms with van der Waals surface area (Å²) in [6.07, 6.45) is -4.14. The maximum atomic E-state index is 14.0. The molecule has 1 aliphatic rings. The fourth-order valence-electron chi connectivity index (χ4n) is 3.45. The first-order valence-corrected chi connectivity index (χ1v) is 10.4. The fraction of sp³-hybridized carbons (Fsp3) is 0.261. The number of urea groups is 1. The van der Waals surface area contributed by atoms with Crippen LogP contribution >= 0.6 is 0 Å². The van der Waals surface area contributed by atoms with Gasteiger partial charge in [0.15, 0.2) is 11.6 Å². The average Bonchev–Trinajstić information content (AvgIpc) is 3.17. The highest BCUT2D eigenvalue weighted by atomic mass is 19.4. The Labute approximate surface area is 197 Å². The van der Waals surface area contributed by atoms with Crippen molar-refractivity contribution in [3.8, 4) is 11.3 Å². The third-order valence-corrected chi connectivity index (χ3v) is 5.19. The van der Waals surface area contributed by atoms with Gasteiger partial charge in [-0.15, -0.1) is 0 Å². The number of benzene rings is 2. The van der Waals surface area contributed by atoms with E-state index < -0.39 is 18.0 Å². The second-order valence-electron chi connectivity index (χ2n) is 7.56. The molecule has 186 valence electrons. The van der Waals surface area contributed by atoms with Gasteiger partial charge in [0, 0.05) is 18.7 Å². The maximum absolute atomic E-state index is 14.0. The minimum atomic E-state index is -5.08. The molecule has 0 radical (unpaired) electrons. The number of aliphatic carboxylic acids is 1. The van der Waals surface area contributed by atoms with E-state index in [2.05, 4.69) is 27.2 Å². The molecule has 4 N–H and O–H groups in total. The van der Waals surface area contributed by atoms with Gasteiger partial charge < -0.3 is 20.3 Å². The molecule has 0 saturated carbocycles. The molecule has 2 amide bonds. The van der Waals surface area contributed by atoms with Crippen molar-refractivity contribution in [1.82, 2.24) is 15.8 Å². The van der Waals surface area contributed by atoms with Gasteiger partial charge in [0.25, 0.3) is 0 Å². The Balaban J connectivity index is 0.000000429. The number of carbonyl (C=O) groups excluding carboxylic acids is 1. The number of hydrogen-bond donors (Lipinski definition) is 4. The minimum absolute atomic E-state index is 0.273. The Morgan fingerprint density at radius 2 is 1.89 bits per heavy atom. The molecule has 0 atom stereocenters. The molecule has 4 rings (SSSR count). The van der Waals surface area contributed by atoms with Crippen LogP contribution in [0.25, 0.3) is 11.3 Å². The number of anilines is 1. The molecule has 0 fully saturated rings. The van der Waals surface area contributed by atoms with Crippen LogP contribution in [0, 0.1) is 12.7 Å². The Morgan fingerprint density at radius 1 is 1.17 bits per heavy atom. The lowest BCUT2D eigenvalue weighted by Gasteiger charge is -2.20. The summed E-state index contributed by atoms with van der Waals surface area (Å²) in [6, 6.07) is 12.0. The van der Waals surface area contributed by atoms with Crippen molar-refractivity contribution in [2.24, 2.45) is 0 Å². The zero-order chi connectivity index (χ0) is 25.6. The number of nitrogens with zero attached hydrogens (tertiary/aromatic N) is 1. The summed E-state index contributed by atoms with van der Waals surface area (Å²) < 4.78 is 51.0. The summed E-state index contributed by atoms with van der Waals surface area (Å²) >= 11 is 0. The number of hydrogen-bond acceptors (Lipinski definition) is 5. The van der Waals surface area contributed by atoms with Crippen LogP contribution < -0.4 is 16.0 Å². The van der Waals surface area contributed by atoms with Crippen LogP contribution in [0.5, 0.6) is 0 Å². The maximum Gasteiger partial charge on any atom is 0.490 e. The van der Waals surface area contributed by atoms with Crippen molar-refractivity contribution < 1.29 is 36.8 Å².